The molecule has 0 fully saturated rings. The Labute approximate surface area is 120 Å². The molecule has 0 aliphatic heterocycles. The Hall–Kier alpha value is -1.88. The first kappa shape index (κ1) is 14.5. The predicted molar refractivity (Wildman–Crippen MR) is 81.6 cm³/mol. The van der Waals surface area contributed by atoms with Crippen LogP contribution in [0, 0.1) is 6.92 Å². The van der Waals surface area contributed by atoms with Gasteiger partial charge in [-0.2, -0.15) is 5.10 Å². The van der Waals surface area contributed by atoms with Gasteiger partial charge in [-0.25, -0.2) is 0 Å². The Bertz CT molecular complexity index is 559. The van der Waals surface area contributed by atoms with E-state index in [4.69, 9.17) is 5.73 Å². The summed E-state index contributed by atoms with van der Waals surface area (Å²) in [6.07, 6.45) is 2.65. The van der Waals surface area contributed by atoms with Crippen LogP contribution in [0.3, 0.4) is 0 Å². The van der Waals surface area contributed by atoms with Gasteiger partial charge in [0.25, 0.3) is 0 Å². The predicted octanol–water partition coefficient (Wildman–Crippen LogP) is 1.65. The third-order valence-electron chi connectivity index (χ3n) is 3.33. The van der Waals surface area contributed by atoms with Crippen molar-refractivity contribution in [3.8, 4) is 0 Å². The first-order valence-corrected chi connectivity index (χ1v) is 6.88. The summed E-state index contributed by atoms with van der Waals surface area (Å²) in [5.41, 5.74) is 9.27. The monoisotopic (exact) mass is 273 g/mol. The molecule has 2 rings (SSSR count). The van der Waals surface area contributed by atoms with E-state index in [1.165, 1.54) is 5.56 Å². The van der Waals surface area contributed by atoms with E-state index in [0.717, 1.165) is 30.2 Å². The molecule has 20 heavy (non-hydrogen) atoms. The summed E-state index contributed by atoms with van der Waals surface area (Å²) in [7, 11) is 4.04. The second-order valence-corrected chi connectivity index (χ2v) is 5.37. The molecule has 2 heterocycles. The molecule has 108 valence electrons. The fourth-order valence-electron chi connectivity index (χ4n) is 2.54. The first-order valence-electron chi connectivity index (χ1n) is 6.88. The van der Waals surface area contributed by atoms with Gasteiger partial charge in [0.2, 0.25) is 0 Å². The highest BCUT2D eigenvalue weighted by Crippen LogP contribution is 2.24. The van der Waals surface area contributed by atoms with Crippen LogP contribution in [0.4, 0.5) is 5.82 Å². The number of nitrogens with zero attached hydrogens (tertiary/aromatic N) is 4. The van der Waals surface area contributed by atoms with Gasteiger partial charge in [-0.1, -0.05) is 6.07 Å². The molecule has 0 aliphatic carbocycles. The molecule has 0 bridgehead atoms. The van der Waals surface area contributed by atoms with Crippen LogP contribution in [0.2, 0.25) is 0 Å². The highest BCUT2D eigenvalue weighted by Gasteiger charge is 2.18. The van der Waals surface area contributed by atoms with Crippen molar-refractivity contribution in [3.63, 3.8) is 0 Å². The van der Waals surface area contributed by atoms with Gasteiger partial charge in [0, 0.05) is 31.9 Å². The third-order valence-corrected chi connectivity index (χ3v) is 3.33. The molecule has 1 unspecified atom stereocenters. The Balaban J connectivity index is 2.27. The summed E-state index contributed by atoms with van der Waals surface area (Å²) >= 11 is 0. The van der Waals surface area contributed by atoms with Crippen molar-refractivity contribution in [3.05, 3.63) is 41.3 Å². The van der Waals surface area contributed by atoms with E-state index >= 15 is 0 Å². The summed E-state index contributed by atoms with van der Waals surface area (Å²) in [4.78, 5) is 6.56. The second-order valence-electron chi connectivity index (χ2n) is 5.37. The lowest BCUT2D eigenvalue weighted by Gasteiger charge is -2.21. The van der Waals surface area contributed by atoms with Crippen molar-refractivity contribution >= 4 is 5.82 Å². The van der Waals surface area contributed by atoms with Gasteiger partial charge in [-0.15, -0.1) is 0 Å². The minimum Gasteiger partial charge on any atom is -0.354 e. The van der Waals surface area contributed by atoms with Crippen LogP contribution >= 0.6 is 0 Å². The number of aryl methyl sites for hydroxylation is 2. The summed E-state index contributed by atoms with van der Waals surface area (Å²) in [5.74, 6) is 1.12. The highest BCUT2D eigenvalue weighted by molar-refractivity contribution is 5.50. The van der Waals surface area contributed by atoms with Crippen LogP contribution in [0.5, 0.6) is 0 Å². The van der Waals surface area contributed by atoms with E-state index in [0.29, 0.717) is 0 Å². The van der Waals surface area contributed by atoms with Crippen molar-refractivity contribution in [1.29, 1.82) is 0 Å². The largest absolute Gasteiger partial charge is 0.354 e. The Morgan fingerprint density at radius 2 is 2.15 bits per heavy atom. The van der Waals surface area contributed by atoms with E-state index < -0.39 is 0 Å². The van der Waals surface area contributed by atoms with Gasteiger partial charge in [0.15, 0.2) is 0 Å². The zero-order chi connectivity index (χ0) is 14.7. The van der Waals surface area contributed by atoms with Crippen molar-refractivity contribution < 1.29 is 0 Å². The van der Waals surface area contributed by atoms with Crippen molar-refractivity contribution in [1.82, 2.24) is 14.8 Å². The number of hydrogen-bond acceptors (Lipinski definition) is 4. The van der Waals surface area contributed by atoms with Crippen LogP contribution in [0.1, 0.15) is 23.9 Å². The topological polar surface area (TPSA) is 60.0 Å². The lowest BCUT2D eigenvalue weighted by molar-refractivity contribution is 0.712. The molecule has 0 saturated heterocycles. The van der Waals surface area contributed by atoms with E-state index in [1.807, 2.05) is 50.0 Å². The lowest BCUT2D eigenvalue weighted by atomic mass is 10.1. The van der Waals surface area contributed by atoms with Crippen LogP contribution < -0.4 is 10.6 Å². The van der Waals surface area contributed by atoms with Crippen LogP contribution in [0.15, 0.2) is 24.4 Å². The molecule has 0 aliphatic rings. The number of nitrogens with two attached hydrogens (primary N) is 1. The van der Waals surface area contributed by atoms with Crippen molar-refractivity contribution in [2.45, 2.75) is 32.9 Å². The molecule has 0 spiro atoms. The van der Waals surface area contributed by atoms with E-state index in [1.54, 1.807) is 0 Å². The number of aromatic nitrogens is 3. The average Bonchev–Trinajstić information content (AvgIpc) is 2.64. The Kier molecular flexibility index (Phi) is 4.39. The van der Waals surface area contributed by atoms with E-state index in [-0.39, 0.29) is 6.04 Å². The molecular weight excluding hydrogens is 250 g/mol. The number of pyridine rings is 1. The SMILES string of the molecule is Cc1nn(C)c(N(C)Cc2ccccn2)c1CC(C)N. The minimum atomic E-state index is 0.125. The second kappa shape index (κ2) is 6.05. The van der Waals surface area contributed by atoms with Gasteiger partial charge in [0.1, 0.15) is 5.82 Å². The molecule has 5 nitrogen and oxygen atoms in total. The van der Waals surface area contributed by atoms with Crippen LogP contribution in [0.25, 0.3) is 0 Å². The van der Waals surface area contributed by atoms with Gasteiger partial charge < -0.3 is 10.6 Å². The molecule has 0 amide bonds. The number of hydrogen-bond donors (Lipinski definition) is 1. The number of rotatable bonds is 5. The van der Waals surface area contributed by atoms with Gasteiger partial charge in [-0.05, 0) is 32.4 Å². The summed E-state index contributed by atoms with van der Waals surface area (Å²) in [6.45, 7) is 4.82. The smallest absolute Gasteiger partial charge is 0.130 e. The molecule has 2 N–H and O–H groups in total. The average molecular weight is 273 g/mol. The molecule has 5 heteroatoms. The summed E-state index contributed by atoms with van der Waals surface area (Å²) in [6, 6.07) is 6.09. The Morgan fingerprint density at radius 1 is 1.40 bits per heavy atom. The normalized spacial score (nSPS) is 12.4. The van der Waals surface area contributed by atoms with Gasteiger partial charge >= 0.3 is 0 Å². The molecule has 0 aromatic carbocycles. The maximum atomic E-state index is 5.96. The highest BCUT2D eigenvalue weighted by atomic mass is 15.4. The fraction of sp³-hybridized carbons (Fsp3) is 0.467. The molecular formula is C15H23N5. The molecule has 2 aromatic heterocycles. The Morgan fingerprint density at radius 3 is 2.75 bits per heavy atom. The van der Waals surface area contributed by atoms with Gasteiger partial charge in [0.05, 0.1) is 17.9 Å². The summed E-state index contributed by atoms with van der Waals surface area (Å²) in [5, 5.41) is 4.53. The number of anilines is 1. The lowest BCUT2D eigenvalue weighted by Crippen LogP contribution is -2.24. The molecule has 0 saturated carbocycles. The van der Waals surface area contributed by atoms with Crippen molar-refractivity contribution in [2.75, 3.05) is 11.9 Å². The zero-order valence-corrected chi connectivity index (χ0v) is 12.7. The van der Waals surface area contributed by atoms with Crippen LogP contribution in [-0.2, 0) is 20.0 Å². The summed E-state index contributed by atoms with van der Waals surface area (Å²) < 4.78 is 1.93. The quantitative estimate of drug-likeness (QED) is 0.900. The minimum absolute atomic E-state index is 0.125. The maximum absolute atomic E-state index is 5.96. The molecule has 0 radical (unpaired) electrons. The van der Waals surface area contributed by atoms with E-state index in [2.05, 4.69) is 22.0 Å². The first-order chi connectivity index (χ1) is 9.49. The fourth-order valence-corrected chi connectivity index (χ4v) is 2.54. The third kappa shape index (κ3) is 3.17. The standard InChI is InChI=1S/C15H23N5/c1-11(16)9-14-12(2)18-20(4)15(14)19(3)10-13-7-5-6-8-17-13/h5-8,11H,9-10,16H2,1-4H3. The molecule has 2 aromatic rings. The zero-order valence-electron chi connectivity index (χ0n) is 12.7. The van der Waals surface area contributed by atoms with Crippen molar-refractivity contribution in [2.24, 2.45) is 12.8 Å². The maximum Gasteiger partial charge on any atom is 0.130 e. The van der Waals surface area contributed by atoms with Crippen LogP contribution in [-0.4, -0.2) is 27.9 Å². The molecule has 1 atom stereocenters. The van der Waals surface area contributed by atoms with Gasteiger partial charge in [-0.3, -0.25) is 9.67 Å². The van der Waals surface area contributed by atoms with E-state index in [9.17, 15) is 0 Å².